The third-order valence-electron chi connectivity index (χ3n) is 4.82. The summed E-state index contributed by atoms with van der Waals surface area (Å²) in [5, 5.41) is 21.4. The van der Waals surface area contributed by atoms with E-state index in [0.29, 0.717) is 34.7 Å². The number of rotatable bonds is 6. The molecule has 0 saturated heterocycles. The Kier molecular flexibility index (Phi) is 4.71. The van der Waals surface area contributed by atoms with Crippen LogP contribution in [0, 0.1) is 11.6 Å². The summed E-state index contributed by atoms with van der Waals surface area (Å²) in [7, 11) is 0. The summed E-state index contributed by atoms with van der Waals surface area (Å²) in [6.45, 7) is 0.420. The van der Waals surface area contributed by atoms with E-state index in [4.69, 9.17) is 5.11 Å². The first-order valence-electron chi connectivity index (χ1n) is 9.43. The van der Waals surface area contributed by atoms with Gasteiger partial charge in [-0.1, -0.05) is 17.3 Å². The molecule has 4 aromatic heterocycles. The fraction of sp³-hybridized carbons (Fsp3) is 0.150. The SMILES string of the molecule is OCCn1cc(-c2cnc3[nH]cc(-c4cn(Cc5cccc(F)c5F)nn4)c3n2)cn1. The highest BCUT2D eigenvalue weighted by Crippen LogP contribution is 2.27. The molecule has 9 nitrogen and oxygen atoms in total. The zero-order valence-electron chi connectivity index (χ0n) is 16.1. The standard InChI is InChI=1S/C20H16F2N8O/c21-15-3-1-2-12(18(15)22)9-30-11-17(27-28-30)14-7-23-20-19(14)26-16(8-24-20)13-6-25-29(10-13)4-5-31/h1-3,6-8,10-11,31H,4-5,9H2,(H,23,24). The fourth-order valence-corrected chi connectivity index (χ4v) is 3.29. The van der Waals surface area contributed by atoms with Crippen LogP contribution in [0.25, 0.3) is 33.7 Å². The molecule has 31 heavy (non-hydrogen) atoms. The Morgan fingerprint density at radius 1 is 1.06 bits per heavy atom. The molecule has 0 aliphatic carbocycles. The van der Waals surface area contributed by atoms with E-state index in [2.05, 4.69) is 30.4 Å². The van der Waals surface area contributed by atoms with Crippen molar-refractivity contribution in [2.75, 3.05) is 6.61 Å². The predicted molar refractivity (Wildman–Crippen MR) is 107 cm³/mol. The molecule has 5 aromatic rings. The van der Waals surface area contributed by atoms with Gasteiger partial charge < -0.3 is 10.1 Å². The summed E-state index contributed by atoms with van der Waals surface area (Å²) in [4.78, 5) is 12.1. The van der Waals surface area contributed by atoms with Gasteiger partial charge in [0, 0.05) is 29.1 Å². The Morgan fingerprint density at radius 2 is 1.97 bits per heavy atom. The molecule has 0 aliphatic heterocycles. The highest BCUT2D eigenvalue weighted by Gasteiger charge is 2.15. The molecule has 0 bridgehead atoms. The van der Waals surface area contributed by atoms with Crippen LogP contribution in [0.3, 0.4) is 0 Å². The van der Waals surface area contributed by atoms with Crippen molar-refractivity contribution in [3.63, 3.8) is 0 Å². The van der Waals surface area contributed by atoms with Crippen LogP contribution in [0.4, 0.5) is 8.78 Å². The maximum atomic E-state index is 14.0. The number of aliphatic hydroxyl groups is 1. The number of hydrogen-bond donors (Lipinski definition) is 2. The first-order valence-corrected chi connectivity index (χ1v) is 9.43. The molecule has 2 N–H and O–H groups in total. The fourth-order valence-electron chi connectivity index (χ4n) is 3.29. The molecular weight excluding hydrogens is 406 g/mol. The molecule has 0 fully saturated rings. The largest absolute Gasteiger partial charge is 0.394 e. The molecule has 5 rings (SSSR count). The molecule has 156 valence electrons. The van der Waals surface area contributed by atoms with Crippen molar-refractivity contribution in [2.45, 2.75) is 13.1 Å². The number of halogens is 2. The normalized spacial score (nSPS) is 11.5. The Morgan fingerprint density at radius 3 is 2.84 bits per heavy atom. The Labute approximate surface area is 174 Å². The zero-order valence-corrected chi connectivity index (χ0v) is 16.1. The molecule has 4 heterocycles. The van der Waals surface area contributed by atoms with E-state index in [0.717, 1.165) is 11.6 Å². The second kappa shape index (κ2) is 7.69. The van der Waals surface area contributed by atoms with Crippen molar-refractivity contribution in [2.24, 2.45) is 0 Å². The van der Waals surface area contributed by atoms with Crippen molar-refractivity contribution in [3.8, 4) is 22.5 Å². The topological polar surface area (TPSA) is 110 Å². The molecule has 0 saturated carbocycles. The number of nitrogens with one attached hydrogen (secondary N) is 1. The lowest BCUT2D eigenvalue weighted by molar-refractivity contribution is 0.269. The predicted octanol–water partition coefficient (Wildman–Crippen LogP) is 2.40. The molecule has 1 aromatic carbocycles. The van der Waals surface area contributed by atoms with Crippen LogP contribution in [-0.2, 0) is 13.1 Å². The number of aromatic amines is 1. The van der Waals surface area contributed by atoms with Gasteiger partial charge in [-0.2, -0.15) is 5.10 Å². The lowest BCUT2D eigenvalue weighted by Gasteiger charge is -2.03. The molecule has 0 radical (unpaired) electrons. The molecule has 0 atom stereocenters. The van der Waals surface area contributed by atoms with E-state index in [-0.39, 0.29) is 18.7 Å². The maximum absolute atomic E-state index is 14.0. The van der Waals surface area contributed by atoms with Crippen LogP contribution in [0.2, 0.25) is 0 Å². The van der Waals surface area contributed by atoms with Crippen LogP contribution in [-0.4, -0.2) is 51.4 Å². The minimum atomic E-state index is -0.903. The molecule has 0 aliphatic rings. The number of nitrogens with zero attached hydrogens (tertiary/aromatic N) is 7. The van der Waals surface area contributed by atoms with Crippen molar-refractivity contribution >= 4 is 11.2 Å². The van der Waals surface area contributed by atoms with Crippen LogP contribution in [0.15, 0.2) is 49.2 Å². The summed E-state index contributed by atoms with van der Waals surface area (Å²) < 4.78 is 30.5. The van der Waals surface area contributed by atoms with Crippen LogP contribution >= 0.6 is 0 Å². The average Bonchev–Trinajstić information content (AvgIpc) is 3.51. The summed E-state index contributed by atoms with van der Waals surface area (Å²) in [6.07, 6.45) is 8.43. The third-order valence-corrected chi connectivity index (χ3v) is 4.82. The first-order chi connectivity index (χ1) is 15.1. The van der Waals surface area contributed by atoms with Gasteiger partial charge in [0.1, 0.15) is 11.2 Å². The van der Waals surface area contributed by atoms with Gasteiger partial charge in [0.05, 0.1) is 44.0 Å². The maximum Gasteiger partial charge on any atom is 0.163 e. The van der Waals surface area contributed by atoms with Crippen LogP contribution in [0.5, 0.6) is 0 Å². The monoisotopic (exact) mass is 422 g/mol. The Bertz CT molecular complexity index is 1370. The number of aliphatic hydroxyl groups excluding tert-OH is 1. The number of hydrogen-bond acceptors (Lipinski definition) is 6. The molecule has 0 amide bonds. The summed E-state index contributed by atoms with van der Waals surface area (Å²) in [5.41, 5.74) is 3.93. The lowest BCUT2D eigenvalue weighted by Crippen LogP contribution is -2.03. The number of fused-ring (bicyclic) bond motifs is 1. The summed E-state index contributed by atoms with van der Waals surface area (Å²) in [5.74, 6) is -1.80. The Hall–Kier alpha value is -3.99. The number of benzene rings is 1. The van der Waals surface area contributed by atoms with Crippen LogP contribution < -0.4 is 0 Å². The van der Waals surface area contributed by atoms with Crippen molar-refractivity contribution < 1.29 is 13.9 Å². The van der Waals surface area contributed by atoms with Crippen molar-refractivity contribution in [1.82, 2.24) is 39.7 Å². The van der Waals surface area contributed by atoms with Crippen LogP contribution in [0.1, 0.15) is 5.56 Å². The number of aromatic nitrogens is 8. The zero-order chi connectivity index (χ0) is 21.4. The smallest absolute Gasteiger partial charge is 0.163 e. The van der Waals surface area contributed by atoms with Gasteiger partial charge in [0.15, 0.2) is 17.3 Å². The van der Waals surface area contributed by atoms with Gasteiger partial charge in [0.2, 0.25) is 0 Å². The van der Waals surface area contributed by atoms with Gasteiger partial charge in [-0.25, -0.2) is 23.4 Å². The first kappa shape index (κ1) is 19.0. The van der Waals surface area contributed by atoms with E-state index >= 15 is 0 Å². The highest BCUT2D eigenvalue weighted by atomic mass is 19.2. The van der Waals surface area contributed by atoms with Gasteiger partial charge in [-0.05, 0) is 6.07 Å². The van der Waals surface area contributed by atoms with E-state index < -0.39 is 11.6 Å². The molecule has 11 heteroatoms. The second-order valence-electron chi connectivity index (χ2n) is 6.88. The van der Waals surface area contributed by atoms with E-state index in [1.807, 2.05) is 0 Å². The van der Waals surface area contributed by atoms with Gasteiger partial charge in [-0.3, -0.25) is 4.68 Å². The van der Waals surface area contributed by atoms with E-state index in [1.54, 1.807) is 35.7 Å². The quantitative estimate of drug-likeness (QED) is 0.435. The van der Waals surface area contributed by atoms with E-state index in [9.17, 15) is 8.78 Å². The van der Waals surface area contributed by atoms with Gasteiger partial charge in [-0.15, -0.1) is 5.10 Å². The average molecular weight is 422 g/mol. The van der Waals surface area contributed by atoms with Gasteiger partial charge >= 0.3 is 0 Å². The Balaban J connectivity index is 1.47. The third kappa shape index (κ3) is 3.55. The van der Waals surface area contributed by atoms with Crippen molar-refractivity contribution in [3.05, 3.63) is 66.4 Å². The molecule has 0 unspecified atom stereocenters. The van der Waals surface area contributed by atoms with Crippen molar-refractivity contribution in [1.29, 1.82) is 0 Å². The molecule has 0 spiro atoms. The molecular formula is C20H16F2N8O. The summed E-state index contributed by atoms with van der Waals surface area (Å²) in [6, 6.07) is 4.02. The second-order valence-corrected chi connectivity index (χ2v) is 6.88. The van der Waals surface area contributed by atoms with E-state index in [1.165, 1.54) is 16.8 Å². The van der Waals surface area contributed by atoms with Gasteiger partial charge in [0.25, 0.3) is 0 Å². The highest BCUT2D eigenvalue weighted by molar-refractivity contribution is 5.90. The minimum absolute atomic E-state index is 0.0109. The summed E-state index contributed by atoms with van der Waals surface area (Å²) >= 11 is 0. The lowest BCUT2D eigenvalue weighted by atomic mass is 10.2. The minimum Gasteiger partial charge on any atom is -0.394 e. The number of H-pyrrole nitrogens is 1.